The number of fused-ring (bicyclic) bond motifs is 2. The second kappa shape index (κ2) is 7.52. The maximum atomic E-state index is 11.1. The van der Waals surface area contributed by atoms with Gasteiger partial charge in [-0.05, 0) is 59.0 Å². The van der Waals surface area contributed by atoms with E-state index in [9.17, 15) is 13.5 Å². The number of phenols is 1. The number of hydrogen-bond donors (Lipinski definition) is 2. The molecule has 0 unspecified atom stereocenters. The van der Waals surface area contributed by atoms with Gasteiger partial charge in [0.25, 0.3) is 10.1 Å². The minimum Gasteiger partial charge on any atom is -0.506 e. The van der Waals surface area contributed by atoms with E-state index in [1.165, 1.54) is 6.07 Å². The van der Waals surface area contributed by atoms with Gasteiger partial charge in [0.05, 0.1) is 5.52 Å². The van der Waals surface area contributed by atoms with E-state index in [1.54, 1.807) is 42.7 Å². The molecule has 0 aliphatic rings. The van der Waals surface area contributed by atoms with Crippen molar-refractivity contribution in [2.75, 3.05) is 0 Å². The van der Waals surface area contributed by atoms with E-state index >= 15 is 0 Å². The third-order valence-corrected chi connectivity index (χ3v) is 5.05. The molecule has 0 amide bonds. The van der Waals surface area contributed by atoms with E-state index in [-0.39, 0.29) is 10.6 Å². The van der Waals surface area contributed by atoms with Crippen molar-refractivity contribution >= 4 is 54.5 Å². The van der Waals surface area contributed by atoms with Gasteiger partial charge in [0.15, 0.2) is 0 Å². The average molecular weight is 480 g/mol. The SMILES string of the molecule is O=S(=O)(O)c1cc(I)cc2ncccc12.Oc1cccc2cccnc12. The molecule has 26 heavy (non-hydrogen) atoms. The topological polar surface area (TPSA) is 100 Å². The lowest BCUT2D eigenvalue weighted by atomic mass is 10.2. The van der Waals surface area contributed by atoms with Crippen molar-refractivity contribution in [1.29, 1.82) is 0 Å². The van der Waals surface area contributed by atoms with Gasteiger partial charge < -0.3 is 5.11 Å². The lowest BCUT2D eigenvalue weighted by molar-refractivity contribution is 0.480. The van der Waals surface area contributed by atoms with E-state index in [1.807, 2.05) is 40.8 Å². The summed E-state index contributed by atoms with van der Waals surface area (Å²) in [4.78, 5) is 7.97. The van der Waals surface area contributed by atoms with Crippen LogP contribution in [-0.2, 0) is 10.1 Å². The molecule has 6 nitrogen and oxygen atoms in total. The lowest BCUT2D eigenvalue weighted by Gasteiger charge is -2.03. The van der Waals surface area contributed by atoms with Crippen molar-refractivity contribution in [3.05, 3.63) is 70.6 Å². The van der Waals surface area contributed by atoms with Crippen LogP contribution in [0.5, 0.6) is 5.75 Å². The minimum absolute atomic E-state index is 0.0995. The average Bonchev–Trinajstić information content (AvgIpc) is 2.61. The summed E-state index contributed by atoms with van der Waals surface area (Å²) in [6, 6.07) is 15.5. The Hall–Kier alpha value is -2.30. The molecule has 4 aromatic rings. The molecule has 0 aliphatic heterocycles. The Morgan fingerprint density at radius 1 is 0.923 bits per heavy atom. The monoisotopic (exact) mass is 480 g/mol. The number of rotatable bonds is 1. The van der Waals surface area contributed by atoms with Crippen molar-refractivity contribution in [2.45, 2.75) is 4.90 Å². The molecule has 0 saturated carbocycles. The van der Waals surface area contributed by atoms with Crippen LogP contribution in [0.2, 0.25) is 0 Å². The van der Waals surface area contributed by atoms with Crippen molar-refractivity contribution in [3.8, 4) is 5.75 Å². The fraction of sp³-hybridized carbons (Fsp3) is 0. The van der Waals surface area contributed by atoms with Gasteiger partial charge in [0, 0.05) is 26.7 Å². The van der Waals surface area contributed by atoms with Crippen molar-refractivity contribution in [2.24, 2.45) is 0 Å². The highest BCUT2D eigenvalue weighted by atomic mass is 127. The van der Waals surface area contributed by atoms with Gasteiger partial charge in [-0.3, -0.25) is 14.5 Å². The third kappa shape index (κ3) is 4.09. The van der Waals surface area contributed by atoms with Crippen molar-refractivity contribution < 1.29 is 18.1 Å². The molecule has 0 fully saturated rings. The number of phenolic OH excluding ortho intramolecular Hbond substituents is 1. The van der Waals surface area contributed by atoms with E-state index in [0.29, 0.717) is 20.0 Å². The summed E-state index contributed by atoms with van der Waals surface area (Å²) in [5.74, 6) is 0.239. The van der Waals surface area contributed by atoms with Gasteiger partial charge in [-0.15, -0.1) is 0 Å². The summed E-state index contributed by atoms with van der Waals surface area (Å²) in [7, 11) is -4.20. The molecule has 0 bridgehead atoms. The molecule has 2 aromatic heterocycles. The maximum absolute atomic E-state index is 11.1. The summed E-state index contributed by atoms with van der Waals surface area (Å²) in [6.45, 7) is 0. The highest BCUT2D eigenvalue weighted by molar-refractivity contribution is 14.1. The summed E-state index contributed by atoms with van der Waals surface area (Å²) in [5, 5.41) is 10.7. The Balaban J connectivity index is 0.000000158. The molecule has 2 aromatic carbocycles. The van der Waals surface area contributed by atoms with E-state index < -0.39 is 10.1 Å². The molecule has 0 spiro atoms. The summed E-state index contributed by atoms with van der Waals surface area (Å²) in [6.07, 6.45) is 3.24. The van der Waals surface area contributed by atoms with Crippen molar-refractivity contribution in [3.63, 3.8) is 0 Å². The number of aromatic hydroxyl groups is 1. The number of hydrogen-bond acceptors (Lipinski definition) is 5. The van der Waals surface area contributed by atoms with Crippen LogP contribution in [0.3, 0.4) is 0 Å². The first-order valence-corrected chi connectivity index (χ1v) is 9.92. The van der Waals surface area contributed by atoms with Crippen LogP contribution >= 0.6 is 22.6 Å². The molecule has 0 saturated heterocycles. The Morgan fingerprint density at radius 2 is 1.62 bits per heavy atom. The van der Waals surface area contributed by atoms with Gasteiger partial charge in [-0.2, -0.15) is 8.42 Å². The first-order chi connectivity index (χ1) is 12.4. The number of halogens is 1. The molecule has 8 heteroatoms. The molecule has 2 N–H and O–H groups in total. The summed E-state index contributed by atoms with van der Waals surface area (Å²) >= 11 is 1.98. The van der Waals surface area contributed by atoms with E-state index in [0.717, 1.165) is 5.39 Å². The van der Waals surface area contributed by atoms with Gasteiger partial charge in [-0.1, -0.05) is 18.2 Å². The number of aromatic nitrogens is 2. The smallest absolute Gasteiger partial charge is 0.295 e. The van der Waals surface area contributed by atoms with Crippen molar-refractivity contribution in [1.82, 2.24) is 9.97 Å². The van der Waals surface area contributed by atoms with Crippen LogP contribution in [0, 0.1) is 3.57 Å². The highest BCUT2D eigenvalue weighted by Crippen LogP contribution is 2.24. The maximum Gasteiger partial charge on any atom is 0.295 e. The molecule has 0 radical (unpaired) electrons. The number of nitrogens with zero attached hydrogens (tertiary/aromatic N) is 2. The molecular weight excluding hydrogens is 467 g/mol. The zero-order chi connectivity index (χ0) is 18.7. The number of pyridine rings is 2. The minimum atomic E-state index is -4.20. The van der Waals surface area contributed by atoms with E-state index in [2.05, 4.69) is 9.97 Å². The fourth-order valence-electron chi connectivity index (χ4n) is 2.42. The Bertz CT molecular complexity index is 1190. The fourth-order valence-corrected chi connectivity index (χ4v) is 3.96. The second-order valence-corrected chi connectivity index (χ2v) is 7.94. The predicted octanol–water partition coefficient (Wildman–Crippen LogP) is 4.03. The molecule has 4 rings (SSSR count). The zero-order valence-electron chi connectivity index (χ0n) is 13.2. The summed E-state index contributed by atoms with van der Waals surface area (Å²) in [5.41, 5.74) is 1.21. The molecule has 0 aliphatic carbocycles. The normalized spacial score (nSPS) is 11.2. The van der Waals surface area contributed by atoms with Crippen LogP contribution in [0.4, 0.5) is 0 Å². The predicted molar refractivity (Wildman–Crippen MR) is 108 cm³/mol. The van der Waals surface area contributed by atoms with Crippen LogP contribution in [-0.4, -0.2) is 28.0 Å². The van der Waals surface area contributed by atoms with Gasteiger partial charge >= 0.3 is 0 Å². The van der Waals surface area contributed by atoms with Gasteiger partial charge in [-0.25, -0.2) is 0 Å². The van der Waals surface area contributed by atoms with E-state index in [4.69, 9.17) is 4.55 Å². The largest absolute Gasteiger partial charge is 0.506 e. The number of benzene rings is 2. The second-order valence-electron chi connectivity index (χ2n) is 5.30. The standard InChI is InChI=1S/C9H6INO3S.C9H7NO/c10-6-4-8-7(2-1-3-11-8)9(5-6)15(12,13)14;11-8-5-1-3-7-4-2-6-10-9(7)8/h1-5H,(H,12,13,14);1-6,11H. The Morgan fingerprint density at radius 3 is 2.35 bits per heavy atom. The van der Waals surface area contributed by atoms with Crippen LogP contribution in [0.15, 0.2) is 71.9 Å². The Kier molecular flexibility index (Phi) is 5.35. The molecular formula is C18H13IN2O4S. The quantitative estimate of drug-likeness (QED) is 0.315. The van der Waals surface area contributed by atoms with Crippen LogP contribution in [0.1, 0.15) is 0 Å². The highest BCUT2D eigenvalue weighted by Gasteiger charge is 2.15. The molecule has 132 valence electrons. The Labute approximate surface area is 163 Å². The van der Waals surface area contributed by atoms with Crippen LogP contribution in [0.25, 0.3) is 21.8 Å². The molecule has 2 heterocycles. The van der Waals surface area contributed by atoms with Crippen LogP contribution < -0.4 is 0 Å². The summed E-state index contributed by atoms with van der Waals surface area (Å²) < 4.78 is 32.0. The molecule has 0 atom stereocenters. The van der Waals surface area contributed by atoms with Gasteiger partial charge in [0.1, 0.15) is 16.2 Å². The lowest BCUT2D eigenvalue weighted by Crippen LogP contribution is -2.00. The first kappa shape index (κ1) is 18.5. The number of para-hydroxylation sites is 1. The van der Waals surface area contributed by atoms with Gasteiger partial charge in [0.2, 0.25) is 0 Å². The zero-order valence-corrected chi connectivity index (χ0v) is 16.2. The third-order valence-electron chi connectivity index (χ3n) is 3.54. The first-order valence-electron chi connectivity index (χ1n) is 7.41.